The Labute approximate surface area is 183 Å². The van der Waals surface area contributed by atoms with Crippen LogP contribution in [-0.4, -0.2) is 52.0 Å². The number of nitrogens with zero attached hydrogens (tertiary/aromatic N) is 3. The zero-order valence-corrected chi connectivity index (χ0v) is 18.2. The van der Waals surface area contributed by atoms with E-state index in [4.69, 9.17) is 11.6 Å². The largest absolute Gasteiger partial charge is 0.338 e. The quantitative estimate of drug-likeness (QED) is 0.654. The molecule has 1 aliphatic carbocycles. The van der Waals surface area contributed by atoms with Gasteiger partial charge in [0, 0.05) is 41.3 Å². The molecule has 0 spiro atoms. The van der Waals surface area contributed by atoms with Gasteiger partial charge in [-0.3, -0.25) is 9.69 Å². The number of hydrogen-bond acceptors (Lipinski definition) is 2. The lowest BCUT2D eigenvalue weighted by Gasteiger charge is -2.54. The van der Waals surface area contributed by atoms with E-state index in [9.17, 15) is 4.79 Å². The van der Waals surface area contributed by atoms with Crippen molar-refractivity contribution >= 4 is 28.4 Å². The monoisotopic (exact) mass is 423 g/mol. The van der Waals surface area contributed by atoms with E-state index in [0.29, 0.717) is 24.4 Å². The summed E-state index contributed by atoms with van der Waals surface area (Å²) >= 11 is 6.34. The second-order valence-electron chi connectivity index (χ2n) is 9.71. The highest BCUT2D eigenvalue weighted by atomic mass is 35.5. The van der Waals surface area contributed by atoms with Crippen LogP contribution in [0.4, 0.5) is 0 Å². The van der Waals surface area contributed by atoms with Crippen LogP contribution >= 0.6 is 11.6 Å². The van der Waals surface area contributed by atoms with Crippen molar-refractivity contribution in [2.24, 2.45) is 11.8 Å². The summed E-state index contributed by atoms with van der Waals surface area (Å²) in [6, 6.07) is 9.02. The Morgan fingerprint density at radius 2 is 2.07 bits per heavy atom. The van der Waals surface area contributed by atoms with Gasteiger partial charge < -0.3 is 9.47 Å². The van der Waals surface area contributed by atoms with Gasteiger partial charge in [0.25, 0.3) is 0 Å². The van der Waals surface area contributed by atoms with E-state index in [0.717, 1.165) is 34.9 Å². The normalized spacial score (nSPS) is 31.2. The SMILES string of the molecule is O=C(Cn1ccc2c(Cl)cccc21)N1CCCC2=C[C@H]3C[C@@H](CN4CCCC[C@@H]34)[C@@H]21. The summed E-state index contributed by atoms with van der Waals surface area (Å²) in [6.45, 7) is 3.72. The van der Waals surface area contributed by atoms with Gasteiger partial charge in [-0.1, -0.05) is 35.7 Å². The van der Waals surface area contributed by atoms with Crippen molar-refractivity contribution in [1.29, 1.82) is 0 Å². The van der Waals surface area contributed by atoms with Crippen molar-refractivity contribution in [3.05, 3.63) is 47.1 Å². The van der Waals surface area contributed by atoms with Crippen LogP contribution in [0.5, 0.6) is 0 Å². The van der Waals surface area contributed by atoms with E-state index in [1.807, 2.05) is 24.4 Å². The maximum absolute atomic E-state index is 13.5. The topological polar surface area (TPSA) is 28.5 Å². The van der Waals surface area contributed by atoms with E-state index in [2.05, 4.69) is 26.5 Å². The number of aromatic nitrogens is 1. The number of carbonyl (C=O) groups excluding carboxylic acids is 1. The fourth-order valence-corrected chi connectivity index (χ4v) is 7.05. The molecule has 1 aromatic heterocycles. The molecule has 0 saturated carbocycles. The zero-order chi connectivity index (χ0) is 20.2. The first-order valence-corrected chi connectivity index (χ1v) is 12.0. The Morgan fingerprint density at radius 3 is 3.00 bits per heavy atom. The first-order valence-electron chi connectivity index (χ1n) is 11.7. The molecule has 1 aromatic carbocycles. The highest BCUT2D eigenvalue weighted by Crippen LogP contribution is 2.45. The molecule has 30 heavy (non-hydrogen) atoms. The maximum Gasteiger partial charge on any atom is 0.243 e. The van der Waals surface area contributed by atoms with E-state index >= 15 is 0 Å². The summed E-state index contributed by atoms with van der Waals surface area (Å²) in [4.78, 5) is 18.5. The fourth-order valence-electron chi connectivity index (χ4n) is 6.81. The molecule has 2 bridgehead atoms. The number of fused-ring (bicyclic) bond motifs is 7. The maximum atomic E-state index is 13.5. The third-order valence-electron chi connectivity index (χ3n) is 8.04. The first-order chi connectivity index (χ1) is 14.7. The van der Waals surface area contributed by atoms with Gasteiger partial charge in [0.15, 0.2) is 0 Å². The van der Waals surface area contributed by atoms with Crippen molar-refractivity contribution in [3.8, 4) is 0 Å². The molecule has 3 saturated heterocycles. The van der Waals surface area contributed by atoms with Gasteiger partial charge in [-0.2, -0.15) is 0 Å². The lowest BCUT2D eigenvalue weighted by atomic mass is 9.68. The van der Waals surface area contributed by atoms with Crippen molar-refractivity contribution < 1.29 is 4.79 Å². The molecule has 0 unspecified atom stereocenters. The van der Waals surface area contributed by atoms with Crippen LogP contribution in [0.25, 0.3) is 10.9 Å². The Bertz CT molecular complexity index is 1010. The molecule has 1 amide bonds. The Kier molecular flexibility index (Phi) is 4.69. The van der Waals surface area contributed by atoms with Crippen molar-refractivity contribution in [2.75, 3.05) is 19.6 Å². The molecule has 158 valence electrons. The van der Waals surface area contributed by atoms with E-state index < -0.39 is 0 Å². The van der Waals surface area contributed by atoms with E-state index in [1.165, 1.54) is 45.2 Å². The lowest BCUT2D eigenvalue weighted by Crippen LogP contribution is -2.60. The fraction of sp³-hybridized carbons (Fsp3) is 0.560. The molecule has 3 aliphatic heterocycles. The van der Waals surface area contributed by atoms with Gasteiger partial charge >= 0.3 is 0 Å². The van der Waals surface area contributed by atoms with Crippen LogP contribution < -0.4 is 0 Å². The number of likely N-dealkylation sites (tertiary alicyclic amines) is 1. The van der Waals surface area contributed by atoms with Crippen molar-refractivity contribution in [1.82, 2.24) is 14.4 Å². The standard InChI is InChI=1S/C25H30ClN3O/c26-21-6-3-8-23-20(21)9-12-28(23)16-24(30)29-11-4-5-17-13-18-14-19(25(17)29)15-27-10-2-1-7-22(18)27/h3,6,8-9,12-13,18-19,22,25H,1-2,4-5,7,10-11,14-16H2/t18-,19-,22-,25+/m0/s1. The van der Waals surface area contributed by atoms with Gasteiger partial charge in [-0.15, -0.1) is 0 Å². The molecule has 5 heteroatoms. The zero-order valence-electron chi connectivity index (χ0n) is 17.5. The van der Waals surface area contributed by atoms with Crippen LogP contribution in [0.15, 0.2) is 42.1 Å². The minimum atomic E-state index is 0.252. The van der Waals surface area contributed by atoms with Crippen LogP contribution in [-0.2, 0) is 11.3 Å². The number of piperidine rings is 3. The molecule has 0 radical (unpaired) electrons. The van der Waals surface area contributed by atoms with Crippen molar-refractivity contribution in [2.45, 2.75) is 57.2 Å². The van der Waals surface area contributed by atoms with Crippen LogP contribution in [0.3, 0.4) is 0 Å². The third kappa shape index (κ3) is 3.03. The van der Waals surface area contributed by atoms with Crippen LogP contribution in [0.2, 0.25) is 5.02 Å². The molecular weight excluding hydrogens is 394 g/mol. The molecule has 0 N–H and O–H groups in total. The average molecular weight is 424 g/mol. The number of benzene rings is 1. The first kappa shape index (κ1) is 18.9. The van der Waals surface area contributed by atoms with Crippen molar-refractivity contribution in [3.63, 3.8) is 0 Å². The molecule has 4 atom stereocenters. The molecular formula is C25H30ClN3O. The highest BCUT2D eigenvalue weighted by molar-refractivity contribution is 6.35. The Morgan fingerprint density at radius 1 is 1.13 bits per heavy atom. The average Bonchev–Trinajstić information content (AvgIpc) is 3.17. The van der Waals surface area contributed by atoms with Gasteiger partial charge in [0.05, 0.1) is 6.04 Å². The second-order valence-corrected chi connectivity index (χ2v) is 10.1. The van der Waals surface area contributed by atoms with Gasteiger partial charge in [0.1, 0.15) is 6.54 Å². The lowest BCUT2D eigenvalue weighted by molar-refractivity contribution is -0.136. The molecule has 3 fully saturated rings. The summed E-state index contributed by atoms with van der Waals surface area (Å²) < 4.78 is 2.06. The summed E-state index contributed by atoms with van der Waals surface area (Å²) in [6.07, 6.45) is 12.2. The number of carbonyl (C=O) groups is 1. The summed E-state index contributed by atoms with van der Waals surface area (Å²) in [5.41, 5.74) is 2.60. The molecule has 6 rings (SSSR count). The minimum absolute atomic E-state index is 0.252. The number of amides is 1. The van der Waals surface area contributed by atoms with Gasteiger partial charge in [-0.25, -0.2) is 0 Å². The molecule has 4 heterocycles. The Hall–Kier alpha value is -1.78. The minimum Gasteiger partial charge on any atom is -0.338 e. The summed E-state index contributed by atoms with van der Waals surface area (Å²) in [5.74, 6) is 1.56. The predicted molar refractivity (Wildman–Crippen MR) is 121 cm³/mol. The highest BCUT2D eigenvalue weighted by Gasteiger charge is 2.46. The molecule has 2 aromatic rings. The number of halogens is 1. The van der Waals surface area contributed by atoms with E-state index in [-0.39, 0.29) is 5.91 Å². The van der Waals surface area contributed by atoms with E-state index in [1.54, 1.807) is 5.57 Å². The van der Waals surface area contributed by atoms with Crippen LogP contribution in [0.1, 0.15) is 38.5 Å². The summed E-state index contributed by atoms with van der Waals surface area (Å²) in [7, 11) is 0. The summed E-state index contributed by atoms with van der Waals surface area (Å²) in [5, 5.41) is 1.77. The predicted octanol–water partition coefficient (Wildman–Crippen LogP) is 4.72. The number of hydrogen-bond donors (Lipinski definition) is 0. The van der Waals surface area contributed by atoms with Crippen LogP contribution in [0, 0.1) is 11.8 Å². The number of rotatable bonds is 2. The third-order valence-corrected chi connectivity index (χ3v) is 8.37. The smallest absolute Gasteiger partial charge is 0.243 e. The Balaban J connectivity index is 1.27. The van der Waals surface area contributed by atoms with Gasteiger partial charge in [0.2, 0.25) is 5.91 Å². The second kappa shape index (κ2) is 7.42. The molecule has 4 nitrogen and oxygen atoms in total. The molecule has 4 aliphatic rings. The van der Waals surface area contributed by atoms with Gasteiger partial charge in [-0.05, 0) is 68.7 Å².